The number of hydrogen-bond donors (Lipinski definition) is 2. The van der Waals surface area contributed by atoms with Gasteiger partial charge in [-0.15, -0.1) is 0 Å². The fraction of sp³-hybridized carbons (Fsp3) is 0.444. The molecule has 2 rings (SSSR count). The number of pyridine rings is 1. The second-order valence-corrected chi connectivity index (χ2v) is 3.53. The summed E-state index contributed by atoms with van der Waals surface area (Å²) in [6.45, 7) is 0. The molecule has 0 spiro atoms. The molecule has 1 atom stereocenters. The lowest BCUT2D eigenvalue weighted by Crippen LogP contribution is -2.15. The highest BCUT2D eigenvalue weighted by atomic mass is 19.4. The van der Waals surface area contributed by atoms with E-state index in [2.05, 4.69) is 4.98 Å². The van der Waals surface area contributed by atoms with E-state index in [9.17, 15) is 13.2 Å². The van der Waals surface area contributed by atoms with Crippen molar-refractivity contribution >= 4 is 0 Å². The molecule has 82 valence electrons. The molecule has 1 aromatic heterocycles. The van der Waals surface area contributed by atoms with Crippen LogP contribution in [0.15, 0.2) is 6.07 Å². The van der Waals surface area contributed by atoms with Gasteiger partial charge in [-0.3, -0.25) is 0 Å². The Hall–Kier alpha value is -1.30. The summed E-state index contributed by atoms with van der Waals surface area (Å²) < 4.78 is 37.8. The minimum atomic E-state index is -4.49. The van der Waals surface area contributed by atoms with Gasteiger partial charge in [-0.25, -0.2) is 4.98 Å². The standard InChI is InChI=1S/C9H9F3N2O/c10-9(11,12)4-3-7(15)14-6-2-1-5(13)8(4)6/h3,5H,1-2,13H2,(H,14,15). The third-order valence-electron chi connectivity index (χ3n) is 2.49. The first kappa shape index (κ1) is 10.2. The van der Waals surface area contributed by atoms with Crippen molar-refractivity contribution in [3.8, 4) is 5.88 Å². The zero-order chi connectivity index (χ0) is 11.2. The van der Waals surface area contributed by atoms with E-state index in [0.717, 1.165) is 0 Å². The molecule has 1 heterocycles. The largest absolute Gasteiger partial charge is 0.493 e. The maximum atomic E-state index is 12.6. The highest BCUT2D eigenvalue weighted by Crippen LogP contribution is 2.41. The van der Waals surface area contributed by atoms with Gasteiger partial charge in [0.15, 0.2) is 0 Å². The smallest absolute Gasteiger partial charge is 0.416 e. The van der Waals surface area contributed by atoms with Gasteiger partial charge in [0.1, 0.15) is 0 Å². The van der Waals surface area contributed by atoms with Crippen LogP contribution in [0.3, 0.4) is 0 Å². The predicted octanol–water partition coefficient (Wildman–Crippen LogP) is 1.75. The van der Waals surface area contributed by atoms with Crippen molar-refractivity contribution in [1.82, 2.24) is 4.98 Å². The molecule has 3 N–H and O–H groups in total. The van der Waals surface area contributed by atoms with Crippen molar-refractivity contribution in [3.63, 3.8) is 0 Å². The molecule has 0 fully saturated rings. The van der Waals surface area contributed by atoms with Crippen molar-refractivity contribution in [2.75, 3.05) is 0 Å². The summed E-state index contributed by atoms with van der Waals surface area (Å²) in [7, 11) is 0. The summed E-state index contributed by atoms with van der Waals surface area (Å²) in [6.07, 6.45) is -3.67. The summed E-state index contributed by atoms with van der Waals surface area (Å²) in [4.78, 5) is 3.65. The summed E-state index contributed by atoms with van der Waals surface area (Å²) in [6, 6.07) is -0.00553. The number of aromatic nitrogens is 1. The normalized spacial score (nSPS) is 20.4. The van der Waals surface area contributed by atoms with Crippen LogP contribution in [-0.4, -0.2) is 10.1 Å². The topological polar surface area (TPSA) is 59.1 Å². The molecule has 1 unspecified atom stereocenters. The molecular weight excluding hydrogens is 209 g/mol. The second kappa shape index (κ2) is 3.10. The van der Waals surface area contributed by atoms with Crippen LogP contribution in [0, 0.1) is 0 Å². The molecule has 15 heavy (non-hydrogen) atoms. The summed E-state index contributed by atoms with van der Waals surface area (Å²) >= 11 is 0. The number of halogens is 3. The molecule has 1 aromatic rings. The Morgan fingerprint density at radius 1 is 1.47 bits per heavy atom. The lowest BCUT2D eigenvalue weighted by atomic mass is 10.0. The number of nitrogens with zero attached hydrogens (tertiary/aromatic N) is 1. The number of rotatable bonds is 0. The highest BCUT2D eigenvalue weighted by molar-refractivity contribution is 5.41. The number of nitrogens with two attached hydrogens (primary N) is 1. The van der Waals surface area contributed by atoms with E-state index in [4.69, 9.17) is 10.8 Å². The molecule has 0 radical (unpaired) electrons. The van der Waals surface area contributed by atoms with Crippen molar-refractivity contribution in [2.45, 2.75) is 25.1 Å². The van der Waals surface area contributed by atoms with Gasteiger partial charge in [0, 0.05) is 23.4 Å². The minimum Gasteiger partial charge on any atom is -0.493 e. The number of aryl methyl sites for hydroxylation is 1. The Kier molecular flexibility index (Phi) is 2.11. The van der Waals surface area contributed by atoms with E-state index < -0.39 is 23.7 Å². The zero-order valence-electron chi connectivity index (χ0n) is 7.67. The van der Waals surface area contributed by atoms with Crippen molar-refractivity contribution in [2.24, 2.45) is 5.73 Å². The molecule has 3 nitrogen and oxygen atoms in total. The van der Waals surface area contributed by atoms with Crippen LogP contribution in [0.5, 0.6) is 5.88 Å². The van der Waals surface area contributed by atoms with Crippen molar-refractivity contribution in [3.05, 3.63) is 22.9 Å². The summed E-state index contributed by atoms with van der Waals surface area (Å²) in [5.74, 6) is -0.602. The van der Waals surface area contributed by atoms with Gasteiger partial charge in [0.25, 0.3) is 0 Å². The Morgan fingerprint density at radius 2 is 2.13 bits per heavy atom. The Bertz CT molecular complexity index is 403. The van der Waals surface area contributed by atoms with Crippen molar-refractivity contribution in [1.29, 1.82) is 0 Å². The van der Waals surface area contributed by atoms with Crippen LogP contribution in [0.25, 0.3) is 0 Å². The van der Waals surface area contributed by atoms with E-state index in [1.54, 1.807) is 0 Å². The maximum absolute atomic E-state index is 12.6. The van der Waals surface area contributed by atoms with Crippen LogP contribution in [-0.2, 0) is 12.6 Å². The molecular formula is C9H9F3N2O. The first-order valence-electron chi connectivity index (χ1n) is 4.45. The number of hydrogen-bond acceptors (Lipinski definition) is 3. The quantitative estimate of drug-likeness (QED) is 0.697. The first-order chi connectivity index (χ1) is 6.89. The SMILES string of the molecule is NC1CCc2nc(O)cc(C(F)(F)F)c21. The molecule has 0 saturated heterocycles. The average molecular weight is 218 g/mol. The highest BCUT2D eigenvalue weighted by Gasteiger charge is 2.38. The van der Waals surface area contributed by atoms with Gasteiger partial charge >= 0.3 is 6.18 Å². The predicted molar refractivity (Wildman–Crippen MR) is 46.2 cm³/mol. The van der Waals surface area contributed by atoms with Crippen molar-refractivity contribution < 1.29 is 18.3 Å². The van der Waals surface area contributed by atoms with E-state index in [1.165, 1.54) is 0 Å². The monoisotopic (exact) mass is 218 g/mol. The number of fused-ring (bicyclic) bond motifs is 1. The van der Waals surface area contributed by atoms with Crippen LogP contribution < -0.4 is 5.73 Å². The van der Waals surface area contributed by atoms with Crippen LogP contribution >= 0.6 is 0 Å². The Labute approximate surface area is 83.7 Å². The fourth-order valence-electron chi connectivity index (χ4n) is 1.87. The van der Waals surface area contributed by atoms with E-state index in [0.29, 0.717) is 18.9 Å². The maximum Gasteiger partial charge on any atom is 0.416 e. The number of aromatic hydroxyl groups is 1. The molecule has 0 aliphatic heterocycles. The van der Waals surface area contributed by atoms with E-state index >= 15 is 0 Å². The first-order valence-corrected chi connectivity index (χ1v) is 4.45. The molecule has 0 aromatic carbocycles. The molecule has 0 saturated carbocycles. The molecule has 1 aliphatic rings. The lowest BCUT2D eigenvalue weighted by Gasteiger charge is -2.14. The lowest BCUT2D eigenvalue weighted by molar-refractivity contribution is -0.138. The molecule has 1 aliphatic carbocycles. The fourth-order valence-corrected chi connectivity index (χ4v) is 1.87. The van der Waals surface area contributed by atoms with Crippen LogP contribution in [0.2, 0.25) is 0 Å². The van der Waals surface area contributed by atoms with Gasteiger partial charge < -0.3 is 10.8 Å². The van der Waals surface area contributed by atoms with Crippen LogP contribution in [0.4, 0.5) is 13.2 Å². The Balaban J connectivity index is 2.64. The van der Waals surface area contributed by atoms with Crippen LogP contribution in [0.1, 0.15) is 29.3 Å². The summed E-state index contributed by atoms with van der Waals surface area (Å²) in [5, 5.41) is 9.07. The summed E-state index contributed by atoms with van der Waals surface area (Å²) in [5.41, 5.74) is 4.99. The van der Waals surface area contributed by atoms with Gasteiger partial charge in [-0.05, 0) is 12.8 Å². The van der Waals surface area contributed by atoms with Gasteiger partial charge in [0.05, 0.1) is 5.56 Å². The van der Waals surface area contributed by atoms with Gasteiger partial charge in [-0.2, -0.15) is 13.2 Å². The number of alkyl halides is 3. The van der Waals surface area contributed by atoms with Gasteiger partial charge in [0.2, 0.25) is 5.88 Å². The van der Waals surface area contributed by atoms with Gasteiger partial charge in [-0.1, -0.05) is 0 Å². The second-order valence-electron chi connectivity index (χ2n) is 3.53. The molecule has 0 amide bonds. The molecule has 6 heteroatoms. The average Bonchev–Trinajstić information content (AvgIpc) is 2.44. The third kappa shape index (κ3) is 1.65. The van der Waals surface area contributed by atoms with E-state index in [1.807, 2.05) is 0 Å². The minimum absolute atomic E-state index is 0.0281. The third-order valence-corrected chi connectivity index (χ3v) is 2.49. The Morgan fingerprint density at radius 3 is 2.73 bits per heavy atom. The zero-order valence-corrected chi connectivity index (χ0v) is 7.67. The van der Waals surface area contributed by atoms with E-state index in [-0.39, 0.29) is 11.3 Å². The molecule has 0 bridgehead atoms.